The molecule has 4 rings (SSSR count). The highest BCUT2D eigenvalue weighted by atomic mass is 35.5. The fourth-order valence-corrected chi connectivity index (χ4v) is 5.05. The van der Waals surface area contributed by atoms with Crippen molar-refractivity contribution in [1.82, 2.24) is 9.80 Å². The molecule has 1 aliphatic carbocycles. The molecule has 0 bridgehead atoms. The third-order valence-corrected chi connectivity index (χ3v) is 6.91. The van der Waals surface area contributed by atoms with E-state index in [1.54, 1.807) is 0 Å². The van der Waals surface area contributed by atoms with E-state index in [0.717, 1.165) is 64.2 Å². The van der Waals surface area contributed by atoms with Gasteiger partial charge in [-0.3, -0.25) is 19.4 Å². The Morgan fingerprint density at radius 2 is 1.47 bits per heavy atom. The van der Waals surface area contributed by atoms with Crippen LogP contribution in [-0.2, 0) is 9.59 Å². The Morgan fingerprint density at radius 1 is 0.812 bits per heavy atom. The maximum Gasteiger partial charge on any atom is 0.229 e. The number of hydrogen-bond acceptors (Lipinski definition) is 5. The van der Waals surface area contributed by atoms with Crippen LogP contribution in [0, 0.1) is 0 Å². The lowest BCUT2D eigenvalue weighted by Crippen LogP contribution is -2.46. The molecule has 6 nitrogen and oxygen atoms in total. The van der Waals surface area contributed by atoms with Crippen LogP contribution in [0.2, 0.25) is 0 Å². The van der Waals surface area contributed by atoms with E-state index in [-0.39, 0.29) is 24.2 Å². The number of halogens is 1. The fourth-order valence-electron chi connectivity index (χ4n) is 5.05. The second kappa shape index (κ2) is 12.4. The van der Waals surface area contributed by atoms with E-state index in [9.17, 15) is 9.59 Å². The summed E-state index contributed by atoms with van der Waals surface area (Å²) in [7, 11) is 0. The Kier molecular flexibility index (Phi) is 9.67. The number of likely N-dealkylation sites (tertiary alicyclic amines) is 1. The van der Waals surface area contributed by atoms with Crippen LogP contribution in [0.15, 0.2) is 24.3 Å². The molecular weight excluding hydrogens is 426 g/mol. The molecule has 32 heavy (non-hydrogen) atoms. The molecule has 3 fully saturated rings. The van der Waals surface area contributed by atoms with Gasteiger partial charge in [-0.2, -0.15) is 0 Å². The van der Waals surface area contributed by atoms with Crippen molar-refractivity contribution in [1.29, 1.82) is 0 Å². The van der Waals surface area contributed by atoms with Crippen LogP contribution in [-0.4, -0.2) is 67.0 Å². The highest BCUT2D eigenvalue weighted by molar-refractivity contribution is 5.97. The maximum absolute atomic E-state index is 11.9. The standard InChI is InChI=1S/C25H37N3O3.ClH/c29-24-13-8-14-25(30)28(24)16-7-1-6-15-26-17-19-27(20-18-26)22-11-4-5-12-23(22)31-21-9-2-3-10-21;/h4-5,11-12,21H,1-3,6-10,13-20H2;1H. The van der Waals surface area contributed by atoms with Crippen LogP contribution in [0.1, 0.15) is 64.2 Å². The second-order valence-electron chi connectivity index (χ2n) is 9.17. The molecule has 0 spiro atoms. The number of amides is 2. The van der Waals surface area contributed by atoms with Crippen LogP contribution in [0.5, 0.6) is 5.75 Å². The first-order valence-corrected chi connectivity index (χ1v) is 12.3. The van der Waals surface area contributed by atoms with Gasteiger partial charge in [0.25, 0.3) is 0 Å². The summed E-state index contributed by atoms with van der Waals surface area (Å²) in [5.41, 5.74) is 1.24. The minimum Gasteiger partial charge on any atom is -0.488 e. The number of piperazine rings is 1. The van der Waals surface area contributed by atoms with E-state index < -0.39 is 0 Å². The van der Waals surface area contributed by atoms with Gasteiger partial charge in [-0.05, 0) is 63.6 Å². The van der Waals surface area contributed by atoms with Gasteiger partial charge in [0.2, 0.25) is 11.8 Å². The number of piperidine rings is 1. The van der Waals surface area contributed by atoms with Crippen molar-refractivity contribution >= 4 is 29.9 Å². The predicted octanol–water partition coefficient (Wildman–Crippen LogP) is 4.26. The Bertz CT molecular complexity index is 730. The Labute approximate surface area is 198 Å². The highest BCUT2D eigenvalue weighted by Crippen LogP contribution is 2.32. The minimum atomic E-state index is 0. The van der Waals surface area contributed by atoms with Crippen molar-refractivity contribution < 1.29 is 14.3 Å². The number of anilines is 1. The third-order valence-electron chi connectivity index (χ3n) is 6.91. The first-order chi connectivity index (χ1) is 15.2. The smallest absolute Gasteiger partial charge is 0.229 e. The van der Waals surface area contributed by atoms with Gasteiger partial charge in [-0.1, -0.05) is 18.6 Å². The van der Waals surface area contributed by atoms with Crippen molar-refractivity contribution in [2.24, 2.45) is 0 Å². The zero-order valence-corrected chi connectivity index (χ0v) is 20.0. The number of rotatable bonds is 9. The summed E-state index contributed by atoms with van der Waals surface area (Å²) in [4.78, 5) is 30.2. The Hall–Kier alpha value is -1.79. The lowest BCUT2D eigenvalue weighted by Gasteiger charge is -2.37. The quantitative estimate of drug-likeness (QED) is 0.404. The summed E-state index contributed by atoms with van der Waals surface area (Å²) < 4.78 is 6.34. The second-order valence-corrected chi connectivity index (χ2v) is 9.17. The Balaban J connectivity index is 0.00000289. The molecule has 0 aromatic heterocycles. The summed E-state index contributed by atoms with van der Waals surface area (Å²) in [5.74, 6) is 1.08. The topological polar surface area (TPSA) is 53.1 Å². The molecule has 2 saturated heterocycles. The molecule has 1 aromatic rings. The molecule has 0 N–H and O–H groups in total. The van der Waals surface area contributed by atoms with Crippen molar-refractivity contribution in [2.45, 2.75) is 70.3 Å². The van der Waals surface area contributed by atoms with Crippen LogP contribution in [0.3, 0.4) is 0 Å². The number of imide groups is 1. The molecule has 7 heteroatoms. The number of benzene rings is 1. The number of para-hydroxylation sites is 2. The molecule has 2 heterocycles. The largest absolute Gasteiger partial charge is 0.488 e. The third kappa shape index (κ3) is 6.61. The maximum atomic E-state index is 11.9. The SMILES string of the molecule is Cl.O=C1CCCC(=O)N1CCCCCN1CCN(c2ccccc2OC2CCCC2)CC1. The lowest BCUT2D eigenvalue weighted by molar-refractivity contribution is -0.148. The van der Waals surface area contributed by atoms with Gasteiger partial charge < -0.3 is 9.64 Å². The van der Waals surface area contributed by atoms with Gasteiger partial charge in [0.05, 0.1) is 11.8 Å². The summed E-state index contributed by atoms with van der Waals surface area (Å²) in [6.45, 7) is 5.89. The number of hydrogen-bond donors (Lipinski definition) is 0. The molecule has 2 aliphatic heterocycles. The number of ether oxygens (including phenoxy) is 1. The monoisotopic (exact) mass is 463 g/mol. The molecule has 178 valence electrons. The molecule has 0 radical (unpaired) electrons. The number of unbranched alkanes of at least 4 members (excludes halogenated alkanes) is 2. The first-order valence-electron chi connectivity index (χ1n) is 12.3. The first kappa shape index (κ1) is 24.8. The van der Waals surface area contributed by atoms with Crippen LogP contribution >= 0.6 is 12.4 Å². The molecule has 1 saturated carbocycles. The van der Waals surface area contributed by atoms with E-state index in [1.165, 1.54) is 36.3 Å². The normalized spacial score (nSPS) is 20.5. The summed E-state index contributed by atoms with van der Waals surface area (Å²) in [6, 6.07) is 8.51. The number of carbonyl (C=O) groups is 2. The van der Waals surface area contributed by atoms with Crippen LogP contribution < -0.4 is 9.64 Å². The number of carbonyl (C=O) groups excluding carboxylic acids is 2. The van der Waals surface area contributed by atoms with Gasteiger partial charge in [-0.15, -0.1) is 12.4 Å². The van der Waals surface area contributed by atoms with E-state index in [2.05, 4.69) is 34.1 Å². The van der Waals surface area contributed by atoms with Crippen LogP contribution in [0.25, 0.3) is 0 Å². The van der Waals surface area contributed by atoms with E-state index >= 15 is 0 Å². The molecule has 0 unspecified atom stereocenters. The highest BCUT2D eigenvalue weighted by Gasteiger charge is 2.25. The van der Waals surface area contributed by atoms with Gasteiger partial charge in [0, 0.05) is 45.6 Å². The summed E-state index contributed by atoms with van der Waals surface area (Å²) in [6.07, 6.45) is 10.2. The molecule has 2 amide bonds. The average Bonchev–Trinajstić information content (AvgIpc) is 3.29. The average molecular weight is 464 g/mol. The van der Waals surface area contributed by atoms with Gasteiger partial charge in [0.1, 0.15) is 5.75 Å². The van der Waals surface area contributed by atoms with E-state index in [1.807, 2.05) is 0 Å². The Morgan fingerprint density at radius 3 is 2.19 bits per heavy atom. The van der Waals surface area contributed by atoms with Crippen molar-refractivity contribution in [3.63, 3.8) is 0 Å². The fraction of sp³-hybridized carbons (Fsp3) is 0.680. The molecule has 0 atom stereocenters. The van der Waals surface area contributed by atoms with Gasteiger partial charge in [-0.25, -0.2) is 0 Å². The molecule has 1 aromatic carbocycles. The van der Waals surface area contributed by atoms with Gasteiger partial charge >= 0.3 is 0 Å². The lowest BCUT2D eigenvalue weighted by atomic mass is 10.1. The summed E-state index contributed by atoms with van der Waals surface area (Å²) in [5, 5.41) is 0. The predicted molar refractivity (Wildman–Crippen MR) is 130 cm³/mol. The van der Waals surface area contributed by atoms with E-state index in [0.29, 0.717) is 25.5 Å². The zero-order valence-electron chi connectivity index (χ0n) is 19.2. The molecule has 3 aliphatic rings. The van der Waals surface area contributed by atoms with Crippen molar-refractivity contribution in [2.75, 3.05) is 44.2 Å². The zero-order chi connectivity index (χ0) is 21.5. The summed E-state index contributed by atoms with van der Waals surface area (Å²) >= 11 is 0. The van der Waals surface area contributed by atoms with Crippen molar-refractivity contribution in [3.05, 3.63) is 24.3 Å². The minimum absolute atomic E-state index is 0. The van der Waals surface area contributed by atoms with E-state index in [4.69, 9.17) is 4.74 Å². The van der Waals surface area contributed by atoms with Gasteiger partial charge in [0.15, 0.2) is 0 Å². The van der Waals surface area contributed by atoms with Crippen molar-refractivity contribution in [3.8, 4) is 5.75 Å². The molecular formula is C25H38ClN3O3. The number of nitrogens with zero attached hydrogens (tertiary/aromatic N) is 3. The van der Waals surface area contributed by atoms with Crippen LogP contribution in [0.4, 0.5) is 5.69 Å².